The first kappa shape index (κ1) is 9.38. The quantitative estimate of drug-likeness (QED) is 0.802. The molecule has 72 valence electrons. The lowest BCUT2D eigenvalue weighted by Gasteiger charge is -2.00. The summed E-state index contributed by atoms with van der Waals surface area (Å²) in [6, 6.07) is 0. The number of aromatic nitrogens is 4. The van der Waals surface area contributed by atoms with Crippen molar-refractivity contribution in [2.45, 2.75) is 6.92 Å². The van der Waals surface area contributed by atoms with Crippen LogP contribution in [0.5, 0.6) is 0 Å². The smallest absolute Gasteiger partial charge is 0.170 e. The SMILES string of the molecule is Cc1cn(-c2ncncc2I)nc1N. The first-order chi connectivity index (χ1) is 6.68. The summed E-state index contributed by atoms with van der Waals surface area (Å²) in [7, 11) is 0. The molecule has 0 fully saturated rings. The fourth-order valence-electron chi connectivity index (χ4n) is 1.06. The highest BCUT2D eigenvalue weighted by Gasteiger charge is 2.06. The molecule has 2 rings (SSSR count). The van der Waals surface area contributed by atoms with Crippen LogP contribution in [-0.4, -0.2) is 19.7 Å². The standard InChI is InChI=1S/C8H8IN5/c1-5-3-14(13-7(5)10)8-6(9)2-11-4-12-8/h2-4H,1H3,(H2,10,13). The van der Waals surface area contributed by atoms with Crippen molar-refractivity contribution in [2.75, 3.05) is 5.73 Å². The summed E-state index contributed by atoms with van der Waals surface area (Å²) in [5.41, 5.74) is 6.59. The van der Waals surface area contributed by atoms with E-state index in [2.05, 4.69) is 37.7 Å². The molecule has 0 aliphatic heterocycles. The van der Waals surface area contributed by atoms with Crippen LogP contribution in [0.2, 0.25) is 0 Å². The largest absolute Gasteiger partial charge is 0.382 e. The Balaban J connectivity index is 2.55. The molecule has 0 saturated heterocycles. The maximum absolute atomic E-state index is 5.65. The Morgan fingerprint density at radius 1 is 1.50 bits per heavy atom. The van der Waals surface area contributed by atoms with E-state index >= 15 is 0 Å². The molecule has 2 aromatic heterocycles. The van der Waals surface area contributed by atoms with Crippen molar-refractivity contribution in [2.24, 2.45) is 0 Å². The van der Waals surface area contributed by atoms with Crippen molar-refractivity contribution < 1.29 is 0 Å². The summed E-state index contributed by atoms with van der Waals surface area (Å²) in [5, 5.41) is 4.14. The normalized spacial score (nSPS) is 10.4. The van der Waals surface area contributed by atoms with Gasteiger partial charge in [0.2, 0.25) is 0 Å². The summed E-state index contributed by atoms with van der Waals surface area (Å²) in [6.07, 6.45) is 5.07. The van der Waals surface area contributed by atoms with E-state index in [1.54, 1.807) is 10.9 Å². The molecule has 2 heterocycles. The molecular formula is C8H8IN5. The van der Waals surface area contributed by atoms with Crippen molar-refractivity contribution >= 4 is 28.4 Å². The Hall–Kier alpha value is -1.18. The van der Waals surface area contributed by atoms with Crippen LogP contribution < -0.4 is 5.73 Å². The number of nitrogens with zero attached hydrogens (tertiary/aromatic N) is 4. The van der Waals surface area contributed by atoms with Crippen molar-refractivity contribution in [3.8, 4) is 5.82 Å². The van der Waals surface area contributed by atoms with Gasteiger partial charge in [0.15, 0.2) is 5.82 Å². The van der Waals surface area contributed by atoms with Crippen molar-refractivity contribution in [3.05, 3.63) is 27.9 Å². The monoisotopic (exact) mass is 301 g/mol. The molecule has 0 aliphatic rings. The lowest BCUT2D eigenvalue weighted by atomic mass is 10.4. The van der Waals surface area contributed by atoms with Crippen LogP contribution in [0, 0.1) is 10.5 Å². The molecule has 0 spiro atoms. The lowest BCUT2D eigenvalue weighted by Crippen LogP contribution is -2.02. The maximum atomic E-state index is 5.65. The van der Waals surface area contributed by atoms with Gasteiger partial charge in [-0.2, -0.15) is 0 Å². The van der Waals surface area contributed by atoms with Gasteiger partial charge in [-0.05, 0) is 29.5 Å². The Labute approximate surface area is 94.5 Å². The topological polar surface area (TPSA) is 69.6 Å². The first-order valence-corrected chi connectivity index (χ1v) is 5.04. The zero-order valence-corrected chi connectivity index (χ0v) is 9.63. The van der Waals surface area contributed by atoms with Crippen LogP contribution in [0.25, 0.3) is 5.82 Å². The minimum Gasteiger partial charge on any atom is -0.382 e. The highest BCUT2D eigenvalue weighted by molar-refractivity contribution is 14.1. The molecule has 0 atom stereocenters. The zero-order chi connectivity index (χ0) is 10.1. The fourth-order valence-corrected chi connectivity index (χ4v) is 1.60. The highest BCUT2D eigenvalue weighted by atomic mass is 127. The second-order valence-electron chi connectivity index (χ2n) is 2.84. The minimum atomic E-state index is 0.527. The molecular weight excluding hydrogens is 293 g/mol. The predicted octanol–water partition coefficient (Wildman–Crippen LogP) is 1.16. The molecule has 0 aromatic carbocycles. The summed E-state index contributed by atoms with van der Waals surface area (Å²) in [4.78, 5) is 8.04. The van der Waals surface area contributed by atoms with E-state index in [-0.39, 0.29) is 0 Å². The maximum Gasteiger partial charge on any atom is 0.170 e. The van der Waals surface area contributed by atoms with Crippen LogP contribution >= 0.6 is 22.6 Å². The van der Waals surface area contributed by atoms with Gasteiger partial charge >= 0.3 is 0 Å². The molecule has 0 unspecified atom stereocenters. The molecule has 2 N–H and O–H groups in total. The number of anilines is 1. The molecule has 0 bridgehead atoms. The zero-order valence-electron chi connectivity index (χ0n) is 7.48. The van der Waals surface area contributed by atoms with Crippen LogP contribution in [0.1, 0.15) is 5.56 Å². The minimum absolute atomic E-state index is 0.527. The predicted molar refractivity (Wildman–Crippen MR) is 61.0 cm³/mol. The van der Waals surface area contributed by atoms with Crippen LogP contribution in [-0.2, 0) is 0 Å². The first-order valence-electron chi connectivity index (χ1n) is 3.96. The molecule has 5 nitrogen and oxygen atoms in total. The number of hydrogen-bond acceptors (Lipinski definition) is 4. The van der Waals surface area contributed by atoms with E-state index in [0.29, 0.717) is 5.82 Å². The van der Waals surface area contributed by atoms with Gasteiger partial charge in [0.25, 0.3) is 0 Å². The average Bonchev–Trinajstić information content (AvgIpc) is 2.48. The van der Waals surface area contributed by atoms with Gasteiger partial charge in [0, 0.05) is 18.0 Å². The van der Waals surface area contributed by atoms with E-state index in [1.807, 2.05) is 13.1 Å². The van der Waals surface area contributed by atoms with Gasteiger partial charge in [0.1, 0.15) is 12.1 Å². The molecule has 14 heavy (non-hydrogen) atoms. The average molecular weight is 301 g/mol. The summed E-state index contributed by atoms with van der Waals surface area (Å²) in [6.45, 7) is 1.91. The Morgan fingerprint density at radius 3 is 2.86 bits per heavy atom. The Morgan fingerprint density at radius 2 is 2.29 bits per heavy atom. The number of halogens is 1. The molecule has 6 heteroatoms. The molecule has 2 aromatic rings. The second kappa shape index (κ2) is 3.52. The van der Waals surface area contributed by atoms with E-state index in [1.165, 1.54) is 6.33 Å². The lowest BCUT2D eigenvalue weighted by molar-refractivity contribution is 0.836. The molecule has 0 radical (unpaired) electrons. The second-order valence-corrected chi connectivity index (χ2v) is 4.00. The van der Waals surface area contributed by atoms with Crippen LogP contribution in [0.3, 0.4) is 0 Å². The third kappa shape index (κ3) is 1.57. The Kier molecular flexibility index (Phi) is 2.36. The number of rotatable bonds is 1. The van der Waals surface area contributed by atoms with Crippen molar-refractivity contribution in [3.63, 3.8) is 0 Å². The summed E-state index contributed by atoms with van der Waals surface area (Å²) < 4.78 is 2.60. The summed E-state index contributed by atoms with van der Waals surface area (Å²) >= 11 is 2.16. The van der Waals surface area contributed by atoms with E-state index in [4.69, 9.17) is 5.73 Å². The highest BCUT2D eigenvalue weighted by Crippen LogP contribution is 2.15. The van der Waals surface area contributed by atoms with Gasteiger partial charge < -0.3 is 5.73 Å². The summed E-state index contributed by atoms with van der Waals surface area (Å²) in [5.74, 6) is 1.28. The van der Waals surface area contributed by atoms with Gasteiger partial charge in [-0.15, -0.1) is 5.10 Å². The number of hydrogen-bond donors (Lipinski definition) is 1. The molecule has 0 aliphatic carbocycles. The van der Waals surface area contributed by atoms with E-state index < -0.39 is 0 Å². The number of nitrogens with two attached hydrogens (primary N) is 1. The molecule has 0 amide bonds. The molecule has 0 saturated carbocycles. The fraction of sp³-hybridized carbons (Fsp3) is 0.125. The van der Waals surface area contributed by atoms with Crippen molar-refractivity contribution in [1.29, 1.82) is 0 Å². The van der Waals surface area contributed by atoms with Gasteiger partial charge in [-0.3, -0.25) is 0 Å². The number of nitrogen functional groups attached to an aromatic ring is 1. The van der Waals surface area contributed by atoms with Gasteiger partial charge in [-0.1, -0.05) is 0 Å². The van der Waals surface area contributed by atoms with E-state index in [0.717, 1.165) is 15.0 Å². The number of aryl methyl sites for hydroxylation is 1. The van der Waals surface area contributed by atoms with Gasteiger partial charge in [0.05, 0.1) is 3.57 Å². The van der Waals surface area contributed by atoms with Crippen molar-refractivity contribution in [1.82, 2.24) is 19.7 Å². The van der Waals surface area contributed by atoms with Crippen LogP contribution in [0.4, 0.5) is 5.82 Å². The third-order valence-corrected chi connectivity index (χ3v) is 2.56. The van der Waals surface area contributed by atoms with E-state index in [9.17, 15) is 0 Å². The van der Waals surface area contributed by atoms with Gasteiger partial charge in [-0.25, -0.2) is 14.6 Å². The third-order valence-electron chi connectivity index (χ3n) is 1.80. The van der Waals surface area contributed by atoms with Crippen LogP contribution in [0.15, 0.2) is 18.7 Å². The Bertz CT molecular complexity index is 445.